The summed E-state index contributed by atoms with van der Waals surface area (Å²) in [4.78, 5) is 23.6. The normalized spacial score (nSPS) is 11.6. The predicted octanol–water partition coefficient (Wildman–Crippen LogP) is 3.34. The Kier molecular flexibility index (Phi) is 8.08. The molecule has 180 valence electrons. The van der Waals surface area contributed by atoms with Crippen LogP contribution in [0.2, 0.25) is 0 Å². The third-order valence-corrected chi connectivity index (χ3v) is 5.94. The number of nitrogens with two attached hydrogens (primary N) is 2. The van der Waals surface area contributed by atoms with Crippen LogP contribution in [0.3, 0.4) is 0 Å². The zero-order valence-corrected chi connectivity index (χ0v) is 20.3. The number of nitrogens with zero attached hydrogens (tertiary/aromatic N) is 1. The molecule has 0 aliphatic rings. The maximum absolute atomic E-state index is 12.6. The van der Waals surface area contributed by atoms with Crippen LogP contribution in [0.4, 0.5) is 5.69 Å². The summed E-state index contributed by atoms with van der Waals surface area (Å²) in [5.74, 6) is 0.821. The first-order chi connectivity index (χ1) is 16.3. The molecule has 0 saturated carbocycles. The van der Waals surface area contributed by atoms with Crippen LogP contribution < -0.4 is 31.0 Å². The summed E-state index contributed by atoms with van der Waals surface area (Å²) >= 11 is 1.32. The summed E-state index contributed by atoms with van der Waals surface area (Å²) in [6.07, 6.45) is 0.181. The van der Waals surface area contributed by atoms with Crippen molar-refractivity contribution < 1.29 is 23.8 Å². The van der Waals surface area contributed by atoms with Crippen molar-refractivity contribution >= 4 is 29.0 Å². The smallest absolute Gasteiger partial charge is 0.241 e. The van der Waals surface area contributed by atoms with Gasteiger partial charge >= 0.3 is 0 Å². The number of methoxy groups -OCH3 is 3. The summed E-state index contributed by atoms with van der Waals surface area (Å²) in [6, 6.07) is 8.45. The first-order valence-electron chi connectivity index (χ1n) is 10.5. The van der Waals surface area contributed by atoms with Gasteiger partial charge in [-0.1, -0.05) is 6.07 Å². The summed E-state index contributed by atoms with van der Waals surface area (Å²) in [6.45, 7) is 1.94. The van der Waals surface area contributed by atoms with E-state index in [2.05, 4.69) is 9.69 Å². The number of amides is 2. The number of benzene rings is 2. The second-order valence-electron chi connectivity index (χ2n) is 7.62. The van der Waals surface area contributed by atoms with Gasteiger partial charge < -0.3 is 31.0 Å². The Labute approximate surface area is 202 Å². The van der Waals surface area contributed by atoms with Crippen molar-refractivity contribution in [1.82, 2.24) is 4.37 Å². The monoisotopic (exact) mass is 484 g/mol. The van der Waals surface area contributed by atoms with Crippen molar-refractivity contribution in [3.8, 4) is 39.6 Å². The average Bonchev–Trinajstić information content (AvgIpc) is 3.31. The molecule has 1 aromatic heterocycles. The molecule has 0 fully saturated rings. The third-order valence-electron chi connectivity index (χ3n) is 5.31. The molecule has 9 nitrogen and oxygen atoms in total. The number of aromatic nitrogens is 1. The minimum absolute atomic E-state index is 0.0282. The molecular formula is C24H28N4O5S. The van der Waals surface area contributed by atoms with Crippen LogP contribution in [0.1, 0.15) is 18.4 Å². The van der Waals surface area contributed by atoms with E-state index in [1.165, 1.54) is 18.6 Å². The molecule has 10 heteroatoms. The van der Waals surface area contributed by atoms with Gasteiger partial charge in [0.25, 0.3) is 0 Å². The van der Waals surface area contributed by atoms with Gasteiger partial charge in [-0.15, -0.1) is 0 Å². The lowest BCUT2D eigenvalue weighted by molar-refractivity contribution is -0.119. The summed E-state index contributed by atoms with van der Waals surface area (Å²) in [5.41, 5.74) is 15.8. The zero-order valence-electron chi connectivity index (χ0n) is 19.5. The number of anilines is 1. The van der Waals surface area contributed by atoms with Crippen molar-refractivity contribution in [3.05, 3.63) is 41.3 Å². The van der Waals surface area contributed by atoms with Crippen LogP contribution in [0.25, 0.3) is 22.4 Å². The summed E-state index contributed by atoms with van der Waals surface area (Å²) in [7, 11) is 4.71. The number of carbonyl (C=O) groups excluding carboxylic acids is 2. The topological polar surface area (TPSA) is 139 Å². The Morgan fingerprint density at radius 1 is 1.06 bits per heavy atom. The number of ether oxygens (including phenoxy) is 3. The van der Waals surface area contributed by atoms with Gasteiger partial charge in [0, 0.05) is 22.9 Å². The molecule has 0 bridgehead atoms. The van der Waals surface area contributed by atoms with E-state index in [1.807, 2.05) is 30.5 Å². The van der Waals surface area contributed by atoms with Gasteiger partial charge in [-0.25, -0.2) is 0 Å². The molecule has 3 aromatic rings. The maximum Gasteiger partial charge on any atom is 0.241 e. The molecule has 2 amide bonds. The highest BCUT2D eigenvalue weighted by molar-refractivity contribution is 7.04. The van der Waals surface area contributed by atoms with Crippen molar-refractivity contribution in [1.29, 1.82) is 0 Å². The fraction of sp³-hybridized carbons (Fsp3) is 0.292. The van der Waals surface area contributed by atoms with Gasteiger partial charge in [-0.05, 0) is 60.3 Å². The highest BCUT2D eigenvalue weighted by Gasteiger charge is 2.19. The van der Waals surface area contributed by atoms with Crippen molar-refractivity contribution in [2.45, 2.75) is 25.8 Å². The fourth-order valence-corrected chi connectivity index (χ4v) is 4.28. The molecule has 0 saturated heterocycles. The van der Waals surface area contributed by atoms with Gasteiger partial charge in [-0.2, -0.15) is 4.37 Å². The molecule has 0 aliphatic carbocycles. The molecule has 34 heavy (non-hydrogen) atoms. The van der Waals surface area contributed by atoms with Crippen LogP contribution in [0.5, 0.6) is 17.2 Å². The molecule has 5 N–H and O–H groups in total. The molecule has 0 aliphatic heterocycles. The molecule has 3 rings (SSSR count). The number of rotatable bonds is 10. The van der Waals surface area contributed by atoms with Gasteiger partial charge in [0.05, 0.1) is 38.8 Å². The Morgan fingerprint density at radius 3 is 2.44 bits per heavy atom. The number of nitrogens with one attached hydrogen (secondary N) is 1. The number of aryl methyl sites for hydroxylation is 1. The van der Waals surface area contributed by atoms with Crippen LogP contribution in [0, 0.1) is 6.92 Å². The van der Waals surface area contributed by atoms with Gasteiger partial charge in [0.2, 0.25) is 11.8 Å². The summed E-state index contributed by atoms with van der Waals surface area (Å²) < 4.78 is 21.0. The molecule has 2 aromatic carbocycles. The fourth-order valence-electron chi connectivity index (χ4n) is 3.57. The first kappa shape index (κ1) is 25.0. The molecular weight excluding hydrogens is 456 g/mol. The van der Waals surface area contributed by atoms with E-state index < -0.39 is 17.9 Å². The second kappa shape index (κ2) is 11.0. The second-order valence-corrected chi connectivity index (χ2v) is 8.25. The summed E-state index contributed by atoms with van der Waals surface area (Å²) in [5, 5.41) is 4.73. The largest absolute Gasteiger partial charge is 0.495 e. The SMILES string of the molecule is COc1ccc(-c2csnc2-c2cc(C)c(OC)c(OC)c2)cc1NC(=O)[C@@H](N)CCC(N)=O. The van der Waals surface area contributed by atoms with Gasteiger partial charge in [0.15, 0.2) is 11.5 Å². The van der Waals surface area contributed by atoms with Crippen LogP contribution in [-0.4, -0.2) is 43.6 Å². The lowest BCUT2D eigenvalue weighted by Gasteiger charge is -2.16. The molecule has 0 unspecified atom stereocenters. The van der Waals surface area contributed by atoms with Crippen LogP contribution in [-0.2, 0) is 9.59 Å². The first-order valence-corrected chi connectivity index (χ1v) is 11.3. The van der Waals surface area contributed by atoms with Crippen molar-refractivity contribution in [2.75, 3.05) is 26.6 Å². The molecule has 1 heterocycles. The highest BCUT2D eigenvalue weighted by Crippen LogP contribution is 2.41. The van der Waals surface area contributed by atoms with E-state index in [0.29, 0.717) is 22.9 Å². The Morgan fingerprint density at radius 2 is 1.79 bits per heavy atom. The number of hydrogen-bond acceptors (Lipinski definition) is 8. The standard InChI is InChI=1S/C24H28N4O5S/c1-13-9-15(11-20(32-3)23(13)33-4)22-16(12-34-28-22)14-5-7-19(31-2)18(10-14)27-24(30)17(25)6-8-21(26)29/h5,7,9-12,17H,6,8,25H2,1-4H3,(H2,26,29)(H,27,30)/t17-/m0/s1. The number of hydrogen-bond donors (Lipinski definition) is 3. The number of carbonyl (C=O) groups is 2. The number of primary amides is 1. The van der Waals surface area contributed by atoms with Crippen LogP contribution in [0.15, 0.2) is 35.7 Å². The van der Waals surface area contributed by atoms with E-state index in [1.54, 1.807) is 26.4 Å². The predicted molar refractivity (Wildman–Crippen MR) is 132 cm³/mol. The van der Waals surface area contributed by atoms with Crippen LogP contribution >= 0.6 is 11.5 Å². The lowest BCUT2D eigenvalue weighted by atomic mass is 9.99. The van der Waals surface area contributed by atoms with Gasteiger partial charge in [-0.3, -0.25) is 9.59 Å². The minimum atomic E-state index is -0.881. The molecule has 0 radical (unpaired) electrons. The van der Waals surface area contributed by atoms with E-state index in [0.717, 1.165) is 27.9 Å². The minimum Gasteiger partial charge on any atom is -0.495 e. The van der Waals surface area contributed by atoms with Crippen molar-refractivity contribution in [2.24, 2.45) is 11.5 Å². The van der Waals surface area contributed by atoms with E-state index in [4.69, 9.17) is 25.7 Å². The molecule has 0 spiro atoms. The Hall–Kier alpha value is -3.63. The lowest BCUT2D eigenvalue weighted by Crippen LogP contribution is -2.36. The van der Waals surface area contributed by atoms with Crippen molar-refractivity contribution in [3.63, 3.8) is 0 Å². The maximum atomic E-state index is 12.6. The van der Waals surface area contributed by atoms with E-state index >= 15 is 0 Å². The Balaban J connectivity index is 1.96. The quantitative estimate of drug-likeness (QED) is 0.401. The Bertz CT molecular complexity index is 1190. The van der Waals surface area contributed by atoms with Gasteiger partial charge in [0.1, 0.15) is 5.75 Å². The van der Waals surface area contributed by atoms with E-state index in [9.17, 15) is 9.59 Å². The van der Waals surface area contributed by atoms with E-state index in [-0.39, 0.29) is 12.8 Å². The third kappa shape index (κ3) is 5.46. The average molecular weight is 485 g/mol. The zero-order chi connectivity index (χ0) is 24.8. The highest BCUT2D eigenvalue weighted by atomic mass is 32.1. The molecule has 1 atom stereocenters.